The lowest BCUT2D eigenvalue weighted by Crippen LogP contribution is -2.47. The lowest BCUT2D eigenvalue weighted by Gasteiger charge is -2.22. The topological polar surface area (TPSA) is 38.3 Å². The molecule has 1 fully saturated rings. The summed E-state index contributed by atoms with van der Waals surface area (Å²) in [5, 5.41) is 3.48. The maximum atomic E-state index is 13.4. The van der Waals surface area contributed by atoms with Gasteiger partial charge in [0.15, 0.2) is 5.78 Å². The van der Waals surface area contributed by atoms with Crippen LogP contribution in [0.1, 0.15) is 5.56 Å². The van der Waals surface area contributed by atoms with Crippen LogP contribution in [0.25, 0.3) is 0 Å². The zero-order chi connectivity index (χ0) is 12.3. The highest BCUT2D eigenvalue weighted by Gasteiger charge is 2.22. The molecule has 2 rings (SSSR count). The third-order valence-corrected chi connectivity index (χ3v) is 2.92. The highest BCUT2D eigenvalue weighted by atomic mass is 35.5. The summed E-state index contributed by atoms with van der Waals surface area (Å²) in [6.07, 6.45) is 0.0351. The molecule has 1 aliphatic heterocycles. The average molecular weight is 258 g/mol. The SMILES string of the molecule is O=C(Cc1cc(Cl)ccc1F)C1COCCN1. The number of Topliss-reactive ketones (excluding diaryl/α,β-unsaturated/α-hetero) is 1. The fourth-order valence-corrected chi connectivity index (χ4v) is 1.96. The van der Waals surface area contributed by atoms with Crippen molar-refractivity contribution < 1.29 is 13.9 Å². The minimum Gasteiger partial charge on any atom is -0.378 e. The first-order chi connectivity index (χ1) is 8.16. The van der Waals surface area contributed by atoms with Crippen LogP contribution >= 0.6 is 11.6 Å². The Kier molecular flexibility index (Phi) is 4.10. The van der Waals surface area contributed by atoms with Crippen molar-refractivity contribution in [1.82, 2.24) is 5.32 Å². The Hall–Kier alpha value is -0.970. The Bertz CT molecular complexity index is 419. The quantitative estimate of drug-likeness (QED) is 0.894. The molecule has 1 atom stereocenters. The fourth-order valence-electron chi connectivity index (χ4n) is 1.76. The van der Waals surface area contributed by atoms with E-state index in [4.69, 9.17) is 16.3 Å². The number of ether oxygens (including phenoxy) is 1. The molecule has 1 aliphatic rings. The maximum absolute atomic E-state index is 13.4. The van der Waals surface area contributed by atoms with Crippen molar-refractivity contribution in [3.05, 3.63) is 34.6 Å². The Morgan fingerprint density at radius 2 is 2.41 bits per heavy atom. The van der Waals surface area contributed by atoms with Crippen LogP contribution in [0.15, 0.2) is 18.2 Å². The van der Waals surface area contributed by atoms with Crippen molar-refractivity contribution in [3.63, 3.8) is 0 Å². The van der Waals surface area contributed by atoms with Crippen molar-refractivity contribution >= 4 is 17.4 Å². The van der Waals surface area contributed by atoms with Crippen LogP contribution in [-0.4, -0.2) is 31.6 Å². The molecule has 0 aliphatic carbocycles. The number of nitrogens with one attached hydrogen (secondary N) is 1. The molecule has 92 valence electrons. The van der Waals surface area contributed by atoms with Gasteiger partial charge in [-0.2, -0.15) is 0 Å². The van der Waals surface area contributed by atoms with Crippen molar-refractivity contribution in [2.75, 3.05) is 19.8 Å². The van der Waals surface area contributed by atoms with Gasteiger partial charge in [0.2, 0.25) is 0 Å². The Morgan fingerprint density at radius 3 is 3.12 bits per heavy atom. The zero-order valence-electron chi connectivity index (χ0n) is 9.21. The van der Waals surface area contributed by atoms with Gasteiger partial charge >= 0.3 is 0 Å². The van der Waals surface area contributed by atoms with Crippen LogP contribution in [0.5, 0.6) is 0 Å². The molecule has 0 spiro atoms. The molecule has 0 saturated carbocycles. The van der Waals surface area contributed by atoms with Crippen LogP contribution in [0.4, 0.5) is 4.39 Å². The minimum atomic E-state index is -0.403. The molecule has 1 unspecified atom stereocenters. The minimum absolute atomic E-state index is 0.0351. The number of ketones is 1. The summed E-state index contributed by atoms with van der Waals surface area (Å²) >= 11 is 5.77. The number of rotatable bonds is 3. The molecule has 1 aromatic rings. The summed E-state index contributed by atoms with van der Waals surface area (Å²) in [6.45, 7) is 1.60. The van der Waals surface area contributed by atoms with Crippen LogP contribution in [0, 0.1) is 5.82 Å². The fraction of sp³-hybridized carbons (Fsp3) is 0.417. The molecule has 3 nitrogen and oxygen atoms in total. The highest BCUT2D eigenvalue weighted by molar-refractivity contribution is 6.30. The third kappa shape index (κ3) is 3.25. The Labute approximate surface area is 104 Å². The molecule has 0 radical (unpaired) electrons. The van der Waals surface area contributed by atoms with Gasteiger partial charge in [0, 0.05) is 18.0 Å². The van der Waals surface area contributed by atoms with Gasteiger partial charge in [0.1, 0.15) is 5.82 Å². The van der Waals surface area contributed by atoms with E-state index in [1.165, 1.54) is 18.2 Å². The van der Waals surface area contributed by atoms with E-state index < -0.39 is 5.82 Å². The zero-order valence-corrected chi connectivity index (χ0v) is 9.97. The van der Waals surface area contributed by atoms with Gasteiger partial charge in [0.05, 0.1) is 19.3 Å². The monoisotopic (exact) mass is 257 g/mol. The predicted octanol–water partition coefficient (Wildman–Crippen LogP) is 1.58. The van der Waals surface area contributed by atoms with Crippen LogP contribution in [0.3, 0.4) is 0 Å². The standard InChI is InChI=1S/C12H13ClFNO2/c13-9-1-2-10(14)8(5-9)6-12(16)11-7-17-4-3-15-11/h1-2,5,11,15H,3-4,6-7H2. The van der Waals surface area contributed by atoms with Gasteiger partial charge in [-0.25, -0.2) is 4.39 Å². The number of hydrogen-bond donors (Lipinski definition) is 1. The van der Waals surface area contributed by atoms with E-state index in [0.29, 0.717) is 30.3 Å². The second-order valence-electron chi connectivity index (χ2n) is 3.96. The molecular formula is C12H13ClFNO2. The van der Waals surface area contributed by atoms with Crippen LogP contribution in [0.2, 0.25) is 5.02 Å². The molecule has 1 aromatic carbocycles. The summed E-state index contributed by atoms with van der Waals surface area (Å²) in [4.78, 5) is 11.9. The second kappa shape index (κ2) is 5.58. The molecule has 0 amide bonds. The third-order valence-electron chi connectivity index (χ3n) is 2.68. The first-order valence-electron chi connectivity index (χ1n) is 5.44. The van der Waals surface area contributed by atoms with Crippen LogP contribution in [-0.2, 0) is 16.0 Å². The summed E-state index contributed by atoms with van der Waals surface area (Å²) in [7, 11) is 0. The number of hydrogen-bond acceptors (Lipinski definition) is 3. The lowest BCUT2D eigenvalue weighted by atomic mass is 10.0. The normalized spacial score (nSPS) is 20.2. The highest BCUT2D eigenvalue weighted by Crippen LogP contribution is 2.16. The molecule has 1 saturated heterocycles. The van der Waals surface area contributed by atoms with Crippen molar-refractivity contribution in [2.24, 2.45) is 0 Å². The molecular weight excluding hydrogens is 245 g/mol. The van der Waals surface area contributed by atoms with Gasteiger partial charge < -0.3 is 10.1 Å². The first kappa shape index (κ1) is 12.5. The molecule has 5 heteroatoms. The van der Waals surface area contributed by atoms with Gasteiger partial charge in [-0.1, -0.05) is 11.6 Å². The molecule has 17 heavy (non-hydrogen) atoms. The number of carbonyl (C=O) groups excluding carboxylic acids is 1. The van der Waals surface area contributed by atoms with E-state index in [0.717, 1.165) is 0 Å². The predicted molar refractivity (Wildman–Crippen MR) is 62.7 cm³/mol. The van der Waals surface area contributed by atoms with Crippen molar-refractivity contribution in [1.29, 1.82) is 0 Å². The van der Waals surface area contributed by atoms with E-state index in [9.17, 15) is 9.18 Å². The largest absolute Gasteiger partial charge is 0.378 e. The van der Waals surface area contributed by atoms with Crippen molar-refractivity contribution in [3.8, 4) is 0 Å². The van der Waals surface area contributed by atoms with Crippen LogP contribution < -0.4 is 5.32 Å². The number of halogens is 2. The molecule has 0 bridgehead atoms. The smallest absolute Gasteiger partial charge is 0.156 e. The molecule has 0 aromatic heterocycles. The first-order valence-corrected chi connectivity index (χ1v) is 5.82. The number of carbonyl (C=O) groups is 1. The van der Waals surface area contributed by atoms with E-state index in [1.807, 2.05) is 0 Å². The van der Waals surface area contributed by atoms with E-state index in [2.05, 4.69) is 5.32 Å². The van der Waals surface area contributed by atoms with Gasteiger partial charge in [0.25, 0.3) is 0 Å². The summed E-state index contributed by atoms with van der Waals surface area (Å²) in [5.41, 5.74) is 0.329. The van der Waals surface area contributed by atoms with E-state index in [-0.39, 0.29) is 18.2 Å². The van der Waals surface area contributed by atoms with E-state index in [1.54, 1.807) is 0 Å². The summed E-state index contributed by atoms with van der Waals surface area (Å²) in [6, 6.07) is 3.88. The van der Waals surface area contributed by atoms with Gasteiger partial charge in [-0.15, -0.1) is 0 Å². The maximum Gasteiger partial charge on any atom is 0.156 e. The number of morpholine rings is 1. The van der Waals surface area contributed by atoms with Gasteiger partial charge in [-0.3, -0.25) is 4.79 Å². The summed E-state index contributed by atoms with van der Waals surface area (Å²) < 4.78 is 18.6. The Balaban J connectivity index is 2.04. The van der Waals surface area contributed by atoms with Crippen molar-refractivity contribution in [2.45, 2.75) is 12.5 Å². The average Bonchev–Trinajstić information content (AvgIpc) is 2.35. The number of benzene rings is 1. The Morgan fingerprint density at radius 1 is 1.59 bits per heavy atom. The van der Waals surface area contributed by atoms with Gasteiger partial charge in [-0.05, 0) is 23.8 Å². The molecule has 1 heterocycles. The summed E-state index contributed by atoms with van der Waals surface area (Å²) in [5.74, 6) is -0.481. The second-order valence-corrected chi connectivity index (χ2v) is 4.40. The van der Waals surface area contributed by atoms with E-state index >= 15 is 0 Å². The lowest BCUT2D eigenvalue weighted by molar-refractivity contribution is -0.123. The molecule has 1 N–H and O–H groups in total.